The lowest BCUT2D eigenvalue weighted by Crippen LogP contribution is -2.07. The normalized spacial score (nSPS) is 14.4. The van der Waals surface area contributed by atoms with Gasteiger partial charge in [0.15, 0.2) is 0 Å². The van der Waals surface area contributed by atoms with E-state index in [4.69, 9.17) is 4.74 Å². The Bertz CT molecular complexity index is 624. The third kappa shape index (κ3) is 2.74. The van der Waals surface area contributed by atoms with E-state index in [-0.39, 0.29) is 0 Å². The highest BCUT2D eigenvalue weighted by Gasteiger charge is 2.22. The maximum Gasteiger partial charge on any atom is 0.125 e. The Hall–Kier alpha value is -2.00. The summed E-state index contributed by atoms with van der Waals surface area (Å²) >= 11 is 0. The smallest absolute Gasteiger partial charge is 0.125 e. The maximum absolute atomic E-state index is 10.8. The van der Waals surface area contributed by atoms with Crippen molar-refractivity contribution in [2.75, 3.05) is 18.5 Å². The molecule has 1 atom stereocenters. The van der Waals surface area contributed by atoms with E-state index in [0.717, 1.165) is 42.0 Å². The fraction of sp³-hybridized carbons (Fsp3) is 0.333. The first-order valence-corrected chi connectivity index (χ1v) is 7.56. The average molecular weight is 283 g/mol. The van der Waals surface area contributed by atoms with Gasteiger partial charge in [-0.3, -0.25) is 0 Å². The summed E-state index contributed by atoms with van der Waals surface area (Å²) < 4.78 is 5.77. The lowest BCUT2D eigenvalue weighted by Gasteiger charge is -2.19. The number of fused-ring (bicyclic) bond motifs is 1. The molecule has 0 bridgehead atoms. The molecule has 2 N–H and O–H groups in total. The summed E-state index contributed by atoms with van der Waals surface area (Å²) in [6.07, 6.45) is 1.30. The molecule has 1 aliphatic rings. The van der Waals surface area contributed by atoms with Crippen LogP contribution in [-0.4, -0.2) is 18.3 Å². The monoisotopic (exact) mass is 283 g/mol. The van der Waals surface area contributed by atoms with Gasteiger partial charge in [-0.05, 0) is 24.5 Å². The van der Waals surface area contributed by atoms with Crippen molar-refractivity contribution in [2.45, 2.75) is 25.9 Å². The van der Waals surface area contributed by atoms with Crippen LogP contribution in [0.2, 0.25) is 0 Å². The molecule has 2 aromatic carbocycles. The Kier molecular flexibility index (Phi) is 4.11. The van der Waals surface area contributed by atoms with Crippen molar-refractivity contribution in [3.05, 3.63) is 59.2 Å². The van der Waals surface area contributed by atoms with E-state index in [2.05, 4.69) is 18.3 Å². The minimum atomic E-state index is -0.668. The summed E-state index contributed by atoms with van der Waals surface area (Å²) in [6, 6.07) is 13.8. The molecule has 0 fully saturated rings. The fourth-order valence-electron chi connectivity index (χ4n) is 2.81. The molecular formula is C18H21NO2. The van der Waals surface area contributed by atoms with E-state index in [9.17, 15) is 5.11 Å². The van der Waals surface area contributed by atoms with E-state index >= 15 is 0 Å². The molecule has 0 amide bonds. The maximum atomic E-state index is 10.8. The Morgan fingerprint density at radius 2 is 1.95 bits per heavy atom. The van der Waals surface area contributed by atoms with Gasteiger partial charge in [0.2, 0.25) is 0 Å². The molecule has 0 saturated carbocycles. The summed E-state index contributed by atoms with van der Waals surface area (Å²) in [5.41, 5.74) is 4.11. The van der Waals surface area contributed by atoms with E-state index in [0.29, 0.717) is 6.61 Å². The van der Waals surface area contributed by atoms with Gasteiger partial charge in [0.1, 0.15) is 11.9 Å². The van der Waals surface area contributed by atoms with Gasteiger partial charge in [-0.15, -0.1) is 0 Å². The molecule has 21 heavy (non-hydrogen) atoms. The number of nitrogens with one attached hydrogen (secondary N) is 1. The standard InChI is InChI=1S/C18H21NO2/c1-2-12-21-16-9-4-3-7-14(16)18(20)15-8-5-6-13-10-11-19-17(13)15/h3-9,18-20H,2,10-12H2,1H3. The van der Waals surface area contributed by atoms with Crippen LogP contribution >= 0.6 is 0 Å². The molecule has 1 heterocycles. The lowest BCUT2D eigenvalue weighted by molar-refractivity contribution is 0.211. The zero-order valence-electron chi connectivity index (χ0n) is 12.3. The van der Waals surface area contributed by atoms with Crippen molar-refractivity contribution in [3.8, 4) is 5.75 Å². The molecule has 0 radical (unpaired) electrons. The van der Waals surface area contributed by atoms with Crippen LogP contribution < -0.4 is 10.1 Å². The predicted molar refractivity (Wildman–Crippen MR) is 84.9 cm³/mol. The number of benzene rings is 2. The van der Waals surface area contributed by atoms with Gasteiger partial charge in [-0.2, -0.15) is 0 Å². The van der Waals surface area contributed by atoms with Crippen molar-refractivity contribution >= 4 is 5.69 Å². The molecule has 0 saturated heterocycles. The highest BCUT2D eigenvalue weighted by atomic mass is 16.5. The van der Waals surface area contributed by atoms with Gasteiger partial charge in [0.25, 0.3) is 0 Å². The van der Waals surface area contributed by atoms with E-state index in [1.54, 1.807) is 0 Å². The Morgan fingerprint density at radius 1 is 1.14 bits per heavy atom. The first kappa shape index (κ1) is 14.0. The molecule has 0 aliphatic carbocycles. The SMILES string of the molecule is CCCOc1ccccc1C(O)c1cccc2c1NCC2. The molecule has 1 aliphatic heterocycles. The number of para-hydroxylation sites is 2. The van der Waals surface area contributed by atoms with Crippen molar-refractivity contribution in [3.63, 3.8) is 0 Å². The molecule has 2 aromatic rings. The van der Waals surface area contributed by atoms with E-state index in [1.807, 2.05) is 36.4 Å². The van der Waals surface area contributed by atoms with Gasteiger partial charge >= 0.3 is 0 Å². The number of rotatable bonds is 5. The number of aliphatic hydroxyl groups is 1. The largest absolute Gasteiger partial charge is 0.493 e. The van der Waals surface area contributed by atoms with Crippen molar-refractivity contribution < 1.29 is 9.84 Å². The summed E-state index contributed by atoms with van der Waals surface area (Å²) in [7, 11) is 0. The number of aliphatic hydroxyl groups excluding tert-OH is 1. The Labute approximate surface area is 125 Å². The second-order valence-electron chi connectivity index (χ2n) is 5.35. The first-order chi connectivity index (χ1) is 10.3. The van der Waals surface area contributed by atoms with Crippen molar-refractivity contribution in [2.24, 2.45) is 0 Å². The van der Waals surface area contributed by atoms with Gasteiger partial charge in [0.05, 0.1) is 6.61 Å². The zero-order chi connectivity index (χ0) is 14.7. The number of ether oxygens (including phenoxy) is 1. The molecular weight excluding hydrogens is 262 g/mol. The van der Waals surface area contributed by atoms with Crippen LogP contribution in [0.5, 0.6) is 5.75 Å². The highest BCUT2D eigenvalue weighted by Crippen LogP contribution is 2.36. The molecule has 3 heteroatoms. The average Bonchev–Trinajstić information content (AvgIpc) is 3.01. The molecule has 0 spiro atoms. The zero-order valence-corrected chi connectivity index (χ0v) is 12.3. The Morgan fingerprint density at radius 3 is 2.81 bits per heavy atom. The summed E-state index contributed by atoms with van der Waals surface area (Å²) in [5.74, 6) is 0.766. The van der Waals surface area contributed by atoms with Gasteiger partial charge in [-0.1, -0.05) is 43.3 Å². The van der Waals surface area contributed by atoms with Crippen LogP contribution in [0.25, 0.3) is 0 Å². The summed E-state index contributed by atoms with van der Waals surface area (Å²) in [4.78, 5) is 0. The quantitative estimate of drug-likeness (QED) is 0.882. The molecule has 110 valence electrons. The van der Waals surface area contributed by atoms with Crippen LogP contribution in [0.3, 0.4) is 0 Å². The van der Waals surface area contributed by atoms with Crippen molar-refractivity contribution in [1.29, 1.82) is 0 Å². The van der Waals surface area contributed by atoms with E-state index in [1.165, 1.54) is 5.56 Å². The third-order valence-electron chi connectivity index (χ3n) is 3.85. The highest BCUT2D eigenvalue weighted by molar-refractivity contribution is 5.63. The summed E-state index contributed by atoms with van der Waals surface area (Å²) in [6.45, 7) is 3.68. The topological polar surface area (TPSA) is 41.5 Å². The van der Waals surface area contributed by atoms with Gasteiger partial charge in [-0.25, -0.2) is 0 Å². The predicted octanol–water partition coefficient (Wildman–Crippen LogP) is 3.53. The van der Waals surface area contributed by atoms with Crippen molar-refractivity contribution in [1.82, 2.24) is 0 Å². The van der Waals surface area contributed by atoms with Gasteiger partial charge in [0, 0.05) is 23.4 Å². The molecule has 1 unspecified atom stereocenters. The van der Waals surface area contributed by atoms with Crippen LogP contribution in [0.4, 0.5) is 5.69 Å². The number of hydrogen-bond acceptors (Lipinski definition) is 3. The third-order valence-corrected chi connectivity index (χ3v) is 3.85. The minimum absolute atomic E-state index is 0.662. The second-order valence-corrected chi connectivity index (χ2v) is 5.35. The van der Waals surface area contributed by atoms with E-state index < -0.39 is 6.10 Å². The van der Waals surface area contributed by atoms with Gasteiger partial charge < -0.3 is 15.2 Å². The number of hydrogen-bond donors (Lipinski definition) is 2. The lowest BCUT2D eigenvalue weighted by atomic mass is 9.97. The van der Waals surface area contributed by atoms with Crippen LogP contribution in [0.1, 0.15) is 36.1 Å². The fourth-order valence-corrected chi connectivity index (χ4v) is 2.81. The minimum Gasteiger partial charge on any atom is -0.493 e. The first-order valence-electron chi connectivity index (χ1n) is 7.56. The molecule has 0 aromatic heterocycles. The summed E-state index contributed by atoms with van der Waals surface area (Å²) in [5, 5.41) is 14.2. The van der Waals surface area contributed by atoms with Crippen LogP contribution in [0.15, 0.2) is 42.5 Å². The molecule has 3 rings (SSSR count). The second kappa shape index (κ2) is 6.19. The number of anilines is 1. The van der Waals surface area contributed by atoms with Crippen LogP contribution in [-0.2, 0) is 6.42 Å². The molecule has 3 nitrogen and oxygen atoms in total. The van der Waals surface area contributed by atoms with Crippen LogP contribution in [0, 0.1) is 0 Å². The Balaban J connectivity index is 1.96.